The first-order chi connectivity index (χ1) is 14.7. The van der Waals surface area contributed by atoms with Gasteiger partial charge in [0.05, 0.1) is 0 Å². The Kier molecular flexibility index (Phi) is 9.29. The predicted octanol–water partition coefficient (Wildman–Crippen LogP) is 8.26. The first-order valence-corrected chi connectivity index (χ1v) is 12.3. The van der Waals surface area contributed by atoms with Crippen LogP contribution in [0.3, 0.4) is 0 Å². The number of hydrogen-bond donors (Lipinski definition) is 0. The number of nitrogens with zero attached hydrogens (tertiary/aromatic N) is 2. The van der Waals surface area contributed by atoms with Crippen molar-refractivity contribution in [1.29, 1.82) is 0 Å². The van der Waals surface area contributed by atoms with Gasteiger partial charge in [-0.05, 0) is 67.6 Å². The van der Waals surface area contributed by atoms with E-state index in [1.54, 1.807) is 6.07 Å². The van der Waals surface area contributed by atoms with Crippen molar-refractivity contribution in [3.8, 4) is 11.4 Å². The van der Waals surface area contributed by atoms with Crippen LogP contribution in [0.5, 0.6) is 0 Å². The van der Waals surface area contributed by atoms with Crippen molar-refractivity contribution in [3.63, 3.8) is 0 Å². The zero-order valence-corrected chi connectivity index (χ0v) is 19.0. The molecule has 3 heteroatoms. The van der Waals surface area contributed by atoms with Crippen LogP contribution < -0.4 is 0 Å². The Morgan fingerprint density at radius 1 is 0.867 bits per heavy atom. The van der Waals surface area contributed by atoms with Crippen molar-refractivity contribution in [2.24, 2.45) is 5.92 Å². The average molecular weight is 411 g/mol. The SMILES string of the molecule is CCCCCCc1cnc(-c2ccc(C3CCC(CCCCC)CC3)c(F)c2)nc1. The Balaban J connectivity index is 1.55. The van der Waals surface area contributed by atoms with E-state index in [2.05, 4.69) is 23.8 Å². The summed E-state index contributed by atoms with van der Waals surface area (Å²) in [6.07, 6.45) is 19.9. The van der Waals surface area contributed by atoms with E-state index < -0.39 is 0 Å². The molecule has 1 aliphatic rings. The Morgan fingerprint density at radius 2 is 1.57 bits per heavy atom. The molecule has 164 valence electrons. The van der Waals surface area contributed by atoms with Crippen LogP contribution in [-0.2, 0) is 6.42 Å². The third-order valence-corrected chi connectivity index (χ3v) is 6.79. The molecule has 1 heterocycles. The third kappa shape index (κ3) is 6.62. The van der Waals surface area contributed by atoms with Crippen LogP contribution in [0.4, 0.5) is 4.39 Å². The largest absolute Gasteiger partial charge is 0.236 e. The first kappa shape index (κ1) is 22.9. The number of benzene rings is 1. The second kappa shape index (κ2) is 12.2. The molecule has 1 aliphatic carbocycles. The number of hydrogen-bond acceptors (Lipinski definition) is 2. The van der Waals surface area contributed by atoms with Crippen molar-refractivity contribution in [2.45, 2.75) is 103 Å². The van der Waals surface area contributed by atoms with Crippen LogP contribution in [0.2, 0.25) is 0 Å². The molecule has 0 unspecified atom stereocenters. The molecule has 1 aromatic heterocycles. The zero-order chi connectivity index (χ0) is 21.2. The lowest BCUT2D eigenvalue weighted by molar-refractivity contribution is 0.299. The monoisotopic (exact) mass is 410 g/mol. The maximum Gasteiger partial charge on any atom is 0.159 e. The Morgan fingerprint density at radius 3 is 2.23 bits per heavy atom. The lowest BCUT2D eigenvalue weighted by Crippen LogP contribution is -2.14. The van der Waals surface area contributed by atoms with Crippen LogP contribution in [0.15, 0.2) is 30.6 Å². The summed E-state index contributed by atoms with van der Waals surface area (Å²) in [5.74, 6) is 1.75. The van der Waals surface area contributed by atoms with Gasteiger partial charge < -0.3 is 0 Å². The normalized spacial score (nSPS) is 19.2. The van der Waals surface area contributed by atoms with E-state index in [-0.39, 0.29) is 5.82 Å². The van der Waals surface area contributed by atoms with Gasteiger partial charge in [0.1, 0.15) is 5.82 Å². The van der Waals surface area contributed by atoms with Gasteiger partial charge in [-0.15, -0.1) is 0 Å². The number of unbranched alkanes of at least 4 members (excludes halogenated alkanes) is 5. The van der Waals surface area contributed by atoms with Crippen molar-refractivity contribution in [1.82, 2.24) is 9.97 Å². The average Bonchev–Trinajstić information content (AvgIpc) is 2.78. The molecule has 2 nitrogen and oxygen atoms in total. The third-order valence-electron chi connectivity index (χ3n) is 6.79. The lowest BCUT2D eigenvalue weighted by Gasteiger charge is -2.29. The molecule has 0 amide bonds. The van der Waals surface area contributed by atoms with Gasteiger partial charge >= 0.3 is 0 Å². The fraction of sp³-hybridized carbons (Fsp3) is 0.630. The van der Waals surface area contributed by atoms with E-state index in [0.29, 0.717) is 11.7 Å². The molecular formula is C27H39FN2. The molecule has 2 aromatic rings. The molecule has 1 fully saturated rings. The second-order valence-corrected chi connectivity index (χ2v) is 9.18. The lowest BCUT2D eigenvalue weighted by atomic mass is 9.77. The molecule has 0 saturated heterocycles. The Hall–Kier alpha value is -1.77. The molecule has 30 heavy (non-hydrogen) atoms. The van der Waals surface area contributed by atoms with Crippen molar-refractivity contribution in [3.05, 3.63) is 47.5 Å². The molecule has 1 aromatic carbocycles. The molecule has 0 aliphatic heterocycles. The van der Waals surface area contributed by atoms with Gasteiger partial charge in [-0.3, -0.25) is 0 Å². The zero-order valence-electron chi connectivity index (χ0n) is 19.0. The highest BCUT2D eigenvalue weighted by Gasteiger charge is 2.24. The first-order valence-electron chi connectivity index (χ1n) is 12.3. The standard InChI is InChI=1S/C27H39FN2/c1-3-5-7-9-11-22-19-29-27(30-20-22)24-16-17-25(26(28)18-24)23-14-12-21(13-15-23)10-8-6-4-2/h16-21,23H,3-15H2,1-2H3. The predicted molar refractivity (Wildman–Crippen MR) is 124 cm³/mol. The summed E-state index contributed by atoms with van der Waals surface area (Å²) in [4.78, 5) is 9.00. The minimum Gasteiger partial charge on any atom is -0.236 e. The number of aromatic nitrogens is 2. The van der Waals surface area contributed by atoms with Gasteiger partial charge in [0, 0.05) is 18.0 Å². The molecule has 0 N–H and O–H groups in total. The maximum atomic E-state index is 14.9. The van der Waals surface area contributed by atoms with Gasteiger partial charge in [-0.1, -0.05) is 70.9 Å². The van der Waals surface area contributed by atoms with E-state index in [1.165, 1.54) is 69.8 Å². The van der Waals surface area contributed by atoms with Crippen LogP contribution in [0.1, 0.15) is 108 Å². The van der Waals surface area contributed by atoms with E-state index in [1.807, 2.05) is 24.5 Å². The minimum atomic E-state index is -0.0887. The molecule has 0 bridgehead atoms. The van der Waals surface area contributed by atoms with Crippen LogP contribution >= 0.6 is 0 Å². The molecule has 0 radical (unpaired) electrons. The smallest absolute Gasteiger partial charge is 0.159 e. The summed E-state index contributed by atoms with van der Waals surface area (Å²) in [5, 5.41) is 0. The highest BCUT2D eigenvalue weighted by molar-refractivity contribution is 5.55. The van der Waals surface area contributed by atoms with Gasteiger partial charge in [0.15, 0.2) is 5.82 Å². The minimum absolute atomic E-state index is 0.0887. The fourth-order valence-electron chi connectivity index (χ4n) is 4.83. The number of rotatable bonds is 11. The summed E-state index contributed by atoms with van der Waals surface area (Å²) in [5.41, 5.74) is 2.84. The summed E-state index contributed by atoms with van der Waals surface area (Å²) in [7, 11) is 0. The maximum absolute atomic E-state index is 14.9. The molecule has 0 atom stereocenters. The van der Waals surface area contributed by atoms with Crippen LogP contribution in [-0.4, -0.2) is 9.97 Å². The van der Waals surface area contributed by atoms with E-state index in [4.69, 9.17) is 0 Å². The number of aryl methyl sites for hydroxylation is 1. The Bertz CT molecular complexity index is 748. The highest BCUT2D eigenvalue weighted by atomic mass is 19.1. The summed E-state index contributed by atoms with van der Waals surface area (Å²) in [6.45, 7) is 4.49. The molecule has 1 saturated carbocycles. The summed E-state index contributed by atoms with van der Waals surface area (Å²) < 4.78 is 14.9. The van der Waals surface area contributed by atoms with E-state index in [9.17, 15) is 4.39 Å². The van der Waals surface area contributed by atoms with Gasteiger partial charge in [0.25, 0.3) is 0 Å². The Labute approximate surface area is 182 Å². The highest BCUT2D eigenvalue weighted by Crippen LogP contribution is 2.39. The van der Waals surface area contributed by atoms with Crippen molar-refractivity contribution < 1.29 is 4.39 Å². The summed E-state index contributed by atoms with van der Waals surface area (Å²) in [6, 6.07) is 5.62. The van der Waals surface area contributed by atoms with Gasteiger partial charge in [0.2, 0.25) is 0 Å². The van der Waals surface area contributed by atoms with E-state index >= 15 is 0 Å². The molecular weight excluding hydrogens is 371 g/mol. The number of halogens is 1. The summed E-state index contributed by atoms with van der Waals surface area (Å²) >= 11 is 0. The van der Waals surface area contributed by atoms with Crippen molar-refractivity contribution in [2.75, 3.05) is 0 Å². The fourth-order valence-corrected chi connectivity index (χ4v) is 4.83. The van der Waals surface area contributed by atoms with Crippen LogP contribution in [0.25, 0.3) is 11.4 Å². The van der Waals surface area contributed by atoms with Crippen LogP contribution in [0, 0.1) is 11.7 Å². The molecule has 3 rings (SSSR count). The van der Waals surface area contributed by atoms with Gasteiger partial charge in [-0.2, -0.15) is 0 Å². The topological polar surface area (TPSA) is 25.8 Å². The second-order valence-electron chi connectivity index (χ2n) is 9.18. The van der Waals surface area contributed by atoms with Crippen molar-refractivity contribution >= 4 is 0 Å². The van der Waals surface area contributed by atoms with E-state index in [0.717, 1.165) is 36.3 Å². The molecule has 0 spiro atoms. The quantitative estimate of drug-likeness (QED) is 0.348. The van der Waals surface area contributed by atoms with Gasteiger partial charge in [-0.25, -0.2) is 14.4 Å².